The number of nitrogens with one attached hydrogen (secondary N) is 2. The second kappa shape index (κ2) is 7.54. The number of morpholine rings is 1. The lowest BCUT2D eigenvalue weighted by Crippen LogP contribution is -2.45. The molecule has 0 aromatic carbocycles. The number of carbonyl (C=O) groups excluding carboxylic acids is 1. The molecule has 1 saturated heterocycles. The van der Waals surface area contributed by atoms with Gasteiger partial charge >= 0.3 is 6.03 Å². The van der Waals surface area contributed by atoms with Crippen molar-refractivity contribution in [2.45, 2.75) is 32.6 Å². The van der Waals surface area contributed by atoms with Crippen LogP contribution in [0.2, 0.25) is 0 Å². The molecule has 3 heterocycles. The summed E-state index contributed by atoms with van der Waals surface area (Å²) < 4.78 is 5.74. The van der Waals surface area contributed by atoms with E-state index in [1.54, 1.807) is 11.7 Å². The Morgan fingerprint density at radius 1 is 1.38 bits per heavy atom. The van der Waals surface area contributed by atoms with E-state index in [1.807, 2.05) is 12.1 Å². The first-order valence-electron chi connectivity index (χ1n) is 7.76. The molecule has 9 heteroatoms. The summed E-state index contributed by atoms with van der Waals surface area (Å²) in [6.07, 6.45) is 2.17. The van der Waals surface area contributed by atoms with Crippen molar-refractivity contribution in [3.63, 3.8) is 0 Å². The van der Waals surface area contributed by atoms with Crippen LogP contribution in [0.15, 0.2) is 23.8 Å². The number of aromatic nitrogens is 3. The minimum Gasteiger partial charge on any atom is -0.372 e. The third-order valence-corrected chi connectivity index (χ3v) is 4.19. The third-order valence-electron chi connectivity index (χ3n) is 3.59. The number of carbonyl (C=O) groups is 1. The van der Waals surface area contributed by atoms with Crippen LogP contribution < -0.4 is 15.5 Å². The number of hydrogen-bond donors (Lipinski definition) is 2. The lowest BCUT2D eigenvalue weighted by molar-refractivity contribution is -0.00546. The maximum absolute atomic E-state index is 11.7. The van der Waals surface area contributed by atoms with Crippen LogP contribution in [0, 0.1) is 0 Å². The molecule has 2 amide bonds. The van der Waals surface area contributed by atoms with Gasteiger partial charge in [-0.15, -0.1) is 10.2 Å². The molecular weight excluding hydrogens is 328 g/mol. The highest BCUT2D eigenvalue weighted by Gasteiger charge is 2.22. The minimum atomic E-state index is -0.313. The molecule has 0 spiro atoms. The molecule has 128 valence electrons. The Morgan fingerprint density at radius 2 is 2.17 bits per heavy atom. The van der Waals surface area contributed by atoms with Gasteiger partial charge in [0, 0.05) is 25.8 Å². The fourth-order valence-corrected chi connectivity index (χ4v) is 3.06. The Morgan fingerprint density at radius 3 is 2.79 bits per heavy atom. The van der Waals surface area contributed by atoms with Crippen LogP contribution in [0.4, 0.5) is 15.7 Å². The predicted octanol–water partition coefficient (Wildman–Crippen LogP) is 1.87. The lowest BCUT2D eigenvalue weighted by atomic mass is 10.2. The molecule has 0 radical (unpaired) electrons. The number of ether oxygens (including phenoxy) is 1. The summed E-state index contributed by atoms with van der Waals surface area (Å²) in [7, 11) is 0. The van der Waals surface area contributed by atoms with Crippen LogP contribution in [0.5, 0.6) is 0 Å². The molecule has 1 aliphatic heterocycles. The highest BCUT2D eigenvalue weighted by Crippen LogP contribution is 2.18. The van der Waals surface area contributed by atoms with E-state index in [9.17, 15) is 4.79 Å². The zero-order chi connectivity index (χ0) is 16.9. The smallest absolute Gasteiger partial charge is 0.321 e. The molecule has 1 fully saturated rings. The van der Waals surface area contributed by atoms with Crippen LogP contribution in [-0.4, -0.2) is 46.5 Å². The van der Waals surface area contributed by atoms with Crippen molar-refractivity contribution in [3.05, 3.63) is 29.4 Å². The SMILES string of the molecule is C[C@@H]1CN(c2ccc(CNC(=O)Nc3nncs3)cn2)C[C@H](C)O1. The maximum Gasteiger partial charge on any atom is 0.321 e. The van der Waals surface area contributed by atoms with E-state index in [4.69, 9.17) is 4.74 Å². The molecule has 2 aromatic heterocycles. The van der Waals surface area contributed by atoms with Crippen molar-refractivity contribution in [1.29, 1.82) is 0 Å². The van der Waals surface area contributed by atoms with Crippen molar-refractivity contribution < 1.29 is 9.53 Å². The molecule has 2 atom stereocenters. The summed E-state index contributed by atoms with van der Waals surface area (Å²) in [5.41, 5.74) is 2.49. The van der Waals surface area contributed by atoms with Crippen molar-refractivity contribution >= 4 is 28.3 Å². The Balaban J connectivity index is 1.52. The van der Waals surface area contributed by atoms with E-state index in [2.05, 4.69) is 44.6 Å². The van der Waals surface area contributed by atoms with E-state index in [1.165, 1.54) is 11.3 Å². The van der Waals surface area contributed by atoms with Crippen molar-refractivity contribution in [3.8, 4) is 0 Å². The summed E-state index contributed by atoms with van der Waals surface area (Å²) in [5, 5.41) is 13.3. The largest absolute Gasteiger partial charge is 0.372 e. The minimum absolute atomic E-state index is 0.195. The molecule has 2 N–H and O–H groups in total. The molecule has 0 aliphatic carbocycles. The number of urea groups is 1. The normalized spacial score (nSPS) is 20.7. The zero-order valence-corrected chi connectivity index (χ0v) is 14.4. The molecular formula is C15H20N6O2S. The van der Waals surface area contributed by atoms with E-state index < -0.39 is 0 Å². The van der Waals surface area contributed by atoms with E-state index in [0.717, 1.165) is 24.5 Å². The van der Waals surface area contributed by atoms with Crippen LogP contribution in [-0.2, 0) is 11.3 Å². The van der Waals surface area contributed by atoms with Gasteiger partial charge in [-0.2, -0.15) is 0 Å². The monoisotopic (exact) mass is 348 g/mol. The average molecular weight is 348 g/mol. The Hall–Kier alpha value is -2.26. The Bertz CT molecular complexity index is 653. The average Bonchev–Trinajstić information content (AvgIpc) is 3.05. The summed E-state index contributed by atoms with van der Waals surface area (Å²) >= 11 is 1.27. The molecule has 0 unspecified atom stereocenters. The molecule has 0 saturated carbocycles. The Labute approximate surface area is 144 Å². The van der Waals surface area contributed by atoms with Crippen molar-refractivity contribution in [1.82, 2.24) is 20.5 Å². The number of anilines is 2. The first-order valence-corrected chi connectivity index (χ1v) is 8.64. The zero-order valence-electron chi connectivity index (χ0n) is 13.6. The topological polar surface area (TPSA) is 92.3 Å². The van der Waals surface area contributed by atoms with Crippen LogP contribution in [0.1, 0.15) is 19.4 Å². The Kier molecular flexibility index (Phi) is 5.21. The van der Waals surface area contributed by atoms with E-state index >= 15 is 0 Å². The molecule has 3 rings (SSSR count). The van der Waals surface area contributed by atoms with Crippen molar-refractivity contribution in [2.24, 2.45) is 0 Å². The third kappa shape index (κ3) is 4.39. The maximum atomic E-state index is 11.7. The summed E-state index contributed by atoms with van der Waals surface area (Å²) in [4.78, 5) is 18.5. The standard InChI is InChI=1S/C15H20N6O2S/c1-10-7-21(8-11(2)23-10)13-4-3-12(5-16-13)6-17-14(22)19-15-20-18-9-24-15/h3-5,9-11H,6-8H2,1-2H3,(H2,17,19,20,22)/t10-,11+. The highest BCUT2D eigenvalue weighted by atomic mass is 32.1. The van der Waals surface area contributed by atoms with Gasteiger partial charge in [-0.25, -0.2) is 9.78 Å². The highest BCUT2D eigenvalue weighted by molar-refractivity contribution is 7.13. The van der Waals surface area contributed by atoms with Gasteiger partial charge in [-0.1, -0.05) is 17.4 Å². The van der Waals surface area contributed by atoms with Gasteiger partial charge < -0.3 is 15.0 Å². The van der Waals surface area contributed by atoms with Gasteiger partial charge in [-0.05, 0) is 25.5 Å². The number of hydrogen-bond acceptors (Lipinski definition) is 7. The van der Waals surface area contributed by atoms with Crippen LogP contribution in [0.3, 0.4) is 0 Å². The number of amides is 2. The summed E-state index contributed by atoms with van der Waals surface area (Å²) in [6.45, 7) is 6.20. The molecule has 8 nitrogen and oxygen atoms in total. The fourth-order valence-electron chi connectivity index (χ4n) is 2.62. The van der Waals surface area contributed by atoms with Crippen LogP contribution in [0.25, 0.3) is 0 Å². The quantitative estimate of drug-likeness (QED) is 0.876. The van der Waals surface area contributed by atoms with Gasteiger partial charge in [0.15, 0.2) is 0 Å². The summed E-state index contributed by atoms with van der Waals surface area (Å²) in [5.74, 6) is 0.930. The van der Waals surface area contributed by atoms with Gasteiger partial charge in [0.25, 0.3) is 0 Å². The number of rotatable bonds is 4. The number of nitrogens with zero attached hydrogens (tertiary/aromatic N) is 4. The molecule has 2 aromatic rings. The second-order valence-corrected chi connectivity index (χ2v) is 6.57. The first-order chi connectivity index (χ1) is 11.6. The van der Waals surface area contributed by atoms with Gasteiger partial charge in [-0.3, -0.25) is 5.32 Å². The molecule has 1 aliphatic rings. The van der Waals surface area contributed by atoms with E-state index in [-0.39, 0.29) is 18.2 Å². The van der Waals surface area contributed by atoms with Crippen LogP contribution >= 0.6 is 11.3 Å². The fraction of sp³-hybridized carbons (Fsp3) is 0.467. The lowest BCUT2D eigenvalue weighted by Gasteiger charge is -2.36. The first kappa shape index (κ1) is 16.6. The molecule has 24 heavy (non-hydrogen) atoms. The predicted molar refractivity (Wildman–Crippen MR) is 92.2 cm³/mol. The number of pyridine rings is 1. The molecule has 0 bridgehead atoms. The second-order valence-electron chi connectivity index (χ2n) is 5.74. The van der Waals surface area contributed by atoms with Gasteiger partial charge in [0.05, 0.1) is 12.2 Å². The van der Waals surface area contributed by atoms with E-state index in [0.29, 0.717) is 11.7 Å². The van der Waals surface area contributed by atoms with Crippen molar-refractivity contribution in [2.75, 3.05) is 23.3 Å². The van der Waals surface area contributed by atoms with Gasteiger partial charge in [0.2, 0.25) is 5.13 Å². The summed E-state index contributed by atoms with van der Waals surface area (Å²) in [6, 6.07) is 3.63. The van der Waals surface area contributed by atoms with Gasteiger partial charge in [0.1, 0.15) is 11.3 Å².